The van der Waals surface area contributed by atoms with E-state index in [1.165, 1.54) is 44.9 Å². The van der Waals surface area contributed by atoms with Gasteiger partial charge in [0.25, 0.3) is 0 Å². The Morgan fingerprint density at radius 3 is 2.39 bits per heavy atom. The van der Waals surface area contributed by atoms with Gasteiger partial charge in [0.1, 0.15) is 0 Å². The van der Waals surface area contributed by atoms with E-state index in [0.717, 1.165) is 11.8 Å². The molecule has 0 saturated heterocycles. The van der Waals surface area contributed by atoms with Crippen LogP contribution in [0.2, 0.25) is 0 Å². The molecule has 1 N–H and O–H groups in total. The van der Waals surface area contributed by atoms with Crippen LogP contribution in [0.1, 0.15) is 51.9 Å². The standard InChI is InChI=1S/C16H24O2/c1-3-4-16-8-11-5-12(9-16)7-13(6-11)14(16)10(2)15(17)18/h11-14H,2-9H2,1H3,(H,17,18). The number of carboxylic acid groups (broad SMARTS) is 1. The summed E-state index contributed by atoms with van der Waals surface area (Å²) in [6.07, 6.45) is 8.85. The third-order valence-corrected chi connectivity index (χ3v) is 5.86. The molecule has 0 amide bonds. The highest BCUT2D eigenvalue weighted by atomic mass is 16.4. The zero-order chi connectivity index (χ0) is 12.9. The molecule has 4 bridgehead atoms. The third-order valence-electron chi connectivity index (χ3n) is 5.86. The van der Waals surface area contributed by atoms with E-state index in [2.05, 4.69) is 13.5 Å². The molecule has 2 nitrogen and oxygen atoms in total. The van der Waals surface area contributed by atoms with E-state index in [1.807, 2.05) is 0 Å². The summed E-state index contributed by atoms with van der Waals surface area (Å²) in [6, 6.07) is 0. The number of carbonyl (C=O) groups is 1. The van der Waals surface area contributed by atoms with Crippen LogP contribution in [-0.2, 0) is 4.79 Å². The molecule has 0 heterocycles. The highest BCUT2D eigenvalue weighted by molar-refractivity contribution is 5.86. The molecular weight excluding hydrogens is 224 g/mol. The summed E-state index contributed by atoms with van der Waals surface area (Å²) in [7, 11) is 0. The Kier molecular flexibility index (Phi) is 2.80. The van der Waals surface area contributed by atoms with Crippen LogP contribution in [0.3, 0.4) is 0 Å². The van der Waals surface area contributed by atoms with Crippen molar-refractivity contribution in [2.24, 2.45) is 29.1 Å². The molecule has 3 atom stereocenters. The summed E-state index contributed by atoms with van der Waals surface area (Å²) in [5.74, 6) is 1.89. The maximum atomic E-state index is 11.4. The second-order valence-electron chi connectivity index (χ2n) is 7.03. The van der Waals surface area contributed by atoms with Crippen molar-refractivity contribution in [1.29, 1.82) is 0 Å². The first-order chi connectivity index (χ1) is 8.55. The van der Waals surface area contributed by atoms with Gasteiger partial charge < -0.3 is 5.11 Å². The first-order valence-electron chi connectivity index (χ1n) is 7.48. The molecule has 4 fully saturated rings. The van der Waals surface area contributed by atoms with Gasteiger partial charge in [0.05, 0.1) is 0 Å². The van der Waals surface area contributed by atoms with Crippen LogP contribution in [0.15, 0.2) is 12.2 Å². The van der Waals surface area contributed by atoms with Gasteiger partial charge in [0.2, 0.25) is 0 Å². The van der Waals surface area contributed by atoms with Crippen molar-refractivity contribution in [1.82, 2.24) is 0 Å². The number of rotatable bonds is 4. The lowest BCUT2D eigenvalue weighted by Crippen LogP contribution is -2.53. The SMILES string of the molecule is C=C(C(=O)O)C1C2CC3CC(C2)CC1(CCC)C3. The molecule has 18 heavy (non-hydrogen) atoms. The molecule has 0 aromatic carbocycles. The molecule has 0 aliphatic heterocycles. The summed E-state index contributed by atoms with van der Waals surface area (Å²) in [5, 5.41) is 9.35. The minimum Gasteiger partial charge on any atom is -0.478 e. The predicted molar refractivity (Wildman–Crippen MR) is 71.2 cm³/mol. The maximum absolute atomic E-state index is 11.4. The first-order valence-corrected chi connectivity index (χ1v) is 7.48. The van der Waals surface area contributed by atoms with E-state index < -0.39 is 5.97 Å². The normalized spacial score (nSPS) is 45.2. The number of aliphatic carboxylic acids is 1. The lowest BCUT2D eigenvalue weighted by molar-refractivity contribution is -0.140. The molecule has 4 aliphatic carbocycles. The Hall–Kier alpha value is -0.790. The Labute approximate surface area is 109 Å². The zero-order valence-electron chi connectivity index (χ0n) is 11.3. The number of hydrogen-bond donors (Lipinski definition) is 1. The lowest BCUT2D eigenvalue weighted by atomic mass is 9.43. The third kappa shape index (κ3) is 1.64. The van der Waals surface area contributed by atoms with E-state index in [9.17, 15) is 9.90 Å². The van der Waals surface area contributed by atoms with Crippen LogP contribution in [0.25, 0.3) is 0 Å². The average Bonchev–Trinajstić information content (AvgIpc) is 2.26. The van der Waals surface area contributed by atoms with Gasteiger partial charge in [-0.3, -0.25) is 0 Å². The molecule has 100 valence electrons. The summed E-state index contributed by atoms with van der Waals surface area (Å²) in [4.78, 5) is 11.4. The van der Waals surface area contributed by atoms with Crippen LogP contribution < -0.4 is 0 Å². The van der Waals surface area contributed by atoms with E-state index in [4.69, 9.17) is 0 Å². The Morgan fingerprint density at radius 2 is 1.89 bits per heavy atom. The minimum atomic E-state index is -0.761. The number of carboxylic acids is 1. The second kappa shape index (κ2) is 4.11. The van der Waals surface area contributed by atoms with Gasteiger partial charge >= 0.3 is 5.97 Å². The fourth-order valence-corrected chi connectivity index (χ4v) is 5.85. The number of hydrogen-bond acceptors (Lipinski definition) is 1. The second-order valence-corrected chi connectivity index (χ2v) is 7.03. The van der Waals surface area contributed by atoms with Gasteiger partial charge in [-0.15, -0.1) is 0 Å². The smallest absolute Gasteiger partial charge is 0.331 e. The molecule has 4 saturated carbocycles. The molecule has 0 aromatic heterocycles. The first kappa shape index (κ1) is 12.3. The van der Waals surface area contributed by atoms with E-state index in [0.29, 0.717) is 16.9 Å². The Balaban J connectivity index is 1.95. The monoisotopic (exact) mass is 248 g/mol. The van der Waals surface area contributed by atoms with Crippen molar-refractivity contribution in [3.63, 3.8) is 0 Å². The van der Waals surface area contributed by atoms with Crippen molar-refractivity contribution >= 4 is 5.97 Å². The fraction of sp³-hybridized carbons (Fsp3) is 0.812. The largest absolute Gasteiger partial charge is 0.478 e. The zero-order valence-corrected chi connectivity index (χ0v) is 11.3. The summed E-state index contributed by atoms with van der Waals surface area (Å²) in [6.45, 7) is 6.16. The van der Waals surface area contributed by atoms with E-state index >= 15 is 0 Å². The average molecular weight is 248 g/mol. The lowest BCUT2D eigenvalue weighted by Gasteiger charge is -2.61. The van der Waals surface area contributed by atoms with Crippen molar-refractivity contribution in [3.8, 4) is 0 Å². The Morgan fingerprint density at radius 1 is 1.28 bits per heavy atom. The Bertz CT molecular complexity index is 371. The summed E-state index contributed by atoms with van der Waals surface area (Å²) >= 11 is 0. The molecule has 4 rings (SSSR count). The van der Waals surface area contributed by atoms with Crippen molar-refractivity contribution in [2.75, 3.05) is 0 Å². The predicted octanol–water partition coefficient (Wildman–Crippen LogP) is 3.87. The molecule has 3 unspecified atom stereocenters. The van der Waals surface area contributed by atoms with Gasteiger partial charge in [0.15, 0.2) is 0 Å². The van der Waals surface area contributed by atoms with Crippen molar-refractivity contribution < 1.29 is 9.90 Å². The van der Waals surface area contributed by atoms with Gasteiger partial charge in [-0.2, -0.15) is 0 Å². The van der Waals surface area contributed by atoms with Crippen LogP contribution in [0.4, 0.5) is 0 Å². The van der Waals surface area contributed by atoms with Crippen LogP contribution in [0, 0.1) is 29.1 Å². The topological polar surface area (TPSA) is 37.3 Å². The summed E-state index contributed by atoms with van der Waals surface area (Å²) in [5.41, 5.74) is 0.797. The molecular formula is C16H24O2. The molecule has 0 radical (unpaired) electrons. The van der Waals surface area contributed by atoms with E-state index in [-0.39, 0.29) is 5.92 Å². The highest BCUT2D eigenvalue weighted by Crippen LogP contribution is 2.65. The molecule has 0 aromatic rings. The van der Waals surface area contributed by atoms with Crippen LogP contribution >= 0.6 is 0 Å². The summed E-state index contributed by atoms with van der Waals surface area (Å²) < 4.78 is 0. The molecule has 0 spiro atoms. The van der Waals surface area contributed by atoms with Gasteiger partial charge in [-0.05, 0) is 67.6 Å². The van der Waals surface area contributed by atoms with Gasteiger partial charge in [-0.1, -0.05) is 19.9 Å². The fourth-order valence-electron chi connectivity index (χ4n) is 5.85. The van der Waals surface area contributed by atoms with Crippen molar-refractivity contribution in [3.05, 3.63) is 12.2 Å². The quantitative estimate of drug-likeness (QED) is 0.767. The highest BCUT2D eigenvalue weighted by Gasteiger charge is 2.57. The molecule has 2 heteroatoms. The minimum absolute atomic E-state index is 0.266. The van der Waals surface area contributed by atoms with E-state index in [1.54, 1.807) is 0 Å². The van der Waals surface area contributed by atoms with Gasteiger partial charge in [-0.25, -0.2) is 4.79 Å². The van der Waals surface area contributed by atoms with Crippen LogP contribution in [-0.4, -0.2) is 11.1 Å². The maximum Gasteiger partial charge on any atom is 0.331 e. The molecule has 4 aliphatic rings. The van der Waals surface area contributed by atoms with Crippen LogP contribution in [0.5, 0.6) is 0 Å². The van der Waals surface area contributed by atoms with Gasteiger partial charge in [0, 0.05) is 5.57 Å². The van der Waals surface area contributed by atoms with Crippen molar-refractivity contribution in [2.45, 2.75) is 51.9 Å².